The van der Waals surface area contributed by atoms with Crippen molar-refractivity contribution < 1.29 is 20.1 Å². The van der Waals surface area contributed by atoms with Crippen molar-refractivity contribution >= 4 is 32.4 Å². The Labute approximate surface area is 268 Å². The molecule has 0 bridgehead atoms. The van der Waals surface area contributed by atoms with Crippen LogP contribution in [0.5, 0.6) is 0 Å². The van der Waals surface area contributed by atoms with Crippen molar-refractivity contribution in [3.63, 3.8) is 0 Å². The minimum Gasteiger partial charge on any atom is -0.304 e. The second-order valence-electron chi connectivity index (χ2n) is 11.3. The van der Waals surface area contributed by atoms with Crippen molar-refractivity contribution in [3.8, 4) is 22.5 Å². The number of para-hydroxylation sites is 1. The largest absolute Gasteiger partial charge is 0.304 e. The molecule has 215 valence electrons. The Morgan fingerprint density at radius 1 is 0.605 bits per heavy atom. The van der Waals surface area contributed by atoms with Crippen molar-refractivity contribution in [2.24, 2.45) is 0 Å². The van der Waals surface area contributed by atoms with Crippen molar-refractivity contribution in [3.05, 3.63) is 145 Å². The van der Waals surface area contributed by atoms with Crippen molar-refractivity contribution in [1.29, 1.82) is 0 Å². The average molecular weight is 735 g/mol. The van der Waals surface area contributed by atoms with E-state index in [0.717, 1.165) is 28.0 Å². The molecule has 0 unspecified atom stereocenters. The first-order chi connectivity index (χ1) is 20.5. The predicted molar refractivity (Wildman–Crippen MR) is 178 cm³/mol. The molecule has 0 atom stereocenters. The molecule has 0 amide bonds. The summed E-state index contributed by atoms with van der Waals surface area (Å²) in [5.74, 6) is 0.930. The van der Waals surface area contributed by atoms with E-state index in [4.69, 9.17) is 4.98 Å². The summed E-state index contributed by atoms with van der Waals surface area (Å²) >= 11 is 0. The van der Waals surface area contributed by atoms with E-state index in [9.17, 15) is 0 Å². The van der Waals surface area contributed by atoms with Gasteiger partial charge in [-0.1, -0.05) is 94.4 Å². The maximum Gasteiger partial charge on any atom is 0.0595 e. The number of aromatic nitrogens is 2. The molecule has 0 aliphatic heterocycles. The minimum absolute atomic E-state index is 0. The summed E-state index contributed by atoms with van der Waals surface area (Å²) in [6, 6.07) is 46.6. The van der Waals surface area contributed by atoms with Gasteiger partial charge in [0.15, 0.2) is 0 Å². The minimum atomic E-state index is 0. The van der Waals surface area contributed by atoms with E-state index in [-0.39, 0.29) is 20.1 Å². The van der Waals surface area contributed by atoms with Crippen molar-refractivity contribution in [2.45, 2.75) is 39.5 Å². The first-order valence-corrected chi connectivity index (χ1v) is 14.6. The van der Waals surface area contributed by atoms with Gasteiger partial charge >= 0.3 is 0 Å². The monoisotopic (exact) mass is 735 g/mol. The molecule has 3 heteroatoms. The molecule has 0 N–H and O–H groups in total. The fourth-order valence-corrected chi connectivity index (χ4v) is 5.31. The van der Waals surface area contributed by atoms with Gasteiger partial charge in [-0.25, -0.2) is 0 Å². The van der Waals surface area contributed by atoms with Crippen LogP contribution in [0, 0.1) is 12.1 Å². The molecule has 0 aliphatic carbocycles. The first-order valence-electron chi connectivity index (χ1n) is 14.6. The van der Waals surface area contributed by atoms with Gasteiger partial charge in [0, 0.05) is 26.3 Å². The average Bonchev–Trinajstić information content (AvgIpc) is 3.04. The van der Waals surface area contributed by atoms with Gasteiger partial charge < -0.3 is 4.98 Å². The zero-order chi connectivity index (χ0) is 29.1. The smallest absolute Gasteiger partial charge is 0.0595 e. The van der Waals surface area contributed by atoms with Crippen LogP contribution in [0.4, 0.5) is 0 Å². The Bertz CT molecular complexity index is 1970. The maximum absolute atomic E-state index is 4.75. The van der Waals surface area contributed by atoms with E-state index >= 15 is 0 Å². The van der Waals surface area contributed by atoms with Crippen LogP contribution in [-0.4, -0.2) is 9.97 Å². The molecule has 2 heterocycles. The van der Waals surface area contributed by atoms with E-state index < -0.39 is 0 Å². The van der Waals surface area contributed by atoms with E-state index in [1.165, 1.54) is 38.1 Å². The molecule has 0 saturated heterocycles. The Morgan fingerprint density at radius 2 is 1.35 bits per heavy atom. The summed E-state index contributed by atoms with van der Waals surface area (Å²) < 4.78 is 0. The van der Waals surface area contributed by atoms with Crippen molar-refractivity contribution in [2.75, 3.05) is 0 Å². The summed E-state index contributed by atoms with van der Waals surface area (Å²) in [7, 11) is 0. The Hall–Kier alpha value is -4.17. The third-order valence-electron chi connectivity index (χ3n) is 7.71. The molecular formula is C40H34IrN2-2. The fraction of sp³-hybridized carbons (Fsp3) is 0.150. The topological polar surface area (TPSA) is 25.8 Å². The number of benzene rings is 5. The summed E-state index contributed by atoms with van der Waals surface area (Å²) in [4.78, 5) is 9.37. The van der Waals surface area contributed by atoms with E-state index in [1.807, 2.05) is 54.7 Å². The van der Waals surface area contributed by atoms with E-state index in [1.54, 1.807) is 0 Å². The van der Waals surface area contributed by atoms with Crippen LogP contribution in [-0.2, 0) is 20.1 Å². The molecule has 0 aliphatic rings. The maximum atomic E-state index is 4.75. The quantitative estimate of drug-likeness (QED) is 0.133. The third kappa shape index (κ3) is 6.59. The van der Waals surface area contributed by atoms with Crippen LogP contribution in [0.2, 0.25) is 0 Å². The fourth-order valence-electron chi connectivity index (χ4n) is 5.31. The van der Waals surface area contributed by atoms with Gasteiger partial charge in [0.2, 0.25) is 0 Å². The van der Waals surface area contributed by atoms with E-state index in [2.05, 4.69) is 112 Å². The first kappa shape index (κ1) is 30.3. The second kappa shape index (κ2) is 13.4. The van der Waals surface area contributed by atoms with Crippen LogP contribution in [0.3, 0.4) is 0 Å². The Balaban J connectivity index is 0.000000186. The van der Waals surface area contributed by atoms with Crippen LogP contribution >= 0.6 is 0 Å². The molecule has 2 aromatic heterocycles. The number of nitrogens with zero attached hydrogens (tertiary/aromatic N) is 2. The summed E-state index contributed by atoms with van der Waals surface area (Å²) in [6.07, 6.45) is 1.93. The summed E-state index contributed by atoms with van der Waals surface area (Å²) in [6.45, 7) is 8.94. The second-order valence-corrected chi connectivity index (χ2v) is 11.3. The number of rotatable bonds is 4. The Kier molecular flexibility index (Phi) is 9.46. The van der Waals surface area contributed by atoms with Crippen molar-refractivity contribution in [1.82, 2.24) is 9.97 Å². The SMILES string of the molecule is CC(C)c1[c-]c(-c2nccc3c2ccc2ccccc23)cc(C(C)C)c1.[Ir].[c-]1ccccc1-c1ccc2ccccc2n1. The molecular weight excluding hydrogens is 701 g/mol. The molecule has 43 heavy (non-hydrogen) atoms. The van der Waals surface area contributed by atoms with Gasteiger partial charge in [0.05, 0.1) is 5.52 Å². The number of fused-ring (bicyclic) bond motifs is 4. The normalized spacial score (nSPS) is 11.0. The van der Waals surface area contributed by atoms with Crippen LogP contribution in [0.25, 0.3) is 55.0 Å². The van der Waals surface area contributed by atoms with E-state index in [0.29, 0.717) is 11.8 Å². The van der Waals surface area contributed by atoms with Gasteiger partial charge in [0.25, 0.3) is 0 Å². The van der Waals surface area contributed by atoms with Gasteiger partial charge in [-0.15, -0.1) is 70.8 Å². The number of hydrogen-bond donors (Lipinski definition) is 0. The van der Waals surface area contributed by atoms with Crippen LogP contribution < -0.4 is 0 Å². The van der Waals surface area contributed by atoms with Gasteiger partial charge in [-0.05, 0) is 62.3 Å². The predicted octanol–water partition coefficient (Wildman–Crippen LogP) is 10.8. The van der Waals surface area contributed by atoms with Crippen LogP contribution in [0.15, 0.2) is 121 Å². The molecule has 1 radical (unpaired) electrons. The third-order valence-corrected chi connectivity index (χ3v) is 7.71. The molecule has 5 aromatic carbocycles. The van der Waals surface area contributed by atoms with Gasteiger partial charge in [0.1, 0.15) is 0 Å². The molecule has 7 aromatic rings. The molecule has 0 spiro atoms. The molecule has 0 saturated carbocycles. The van der Waals surface area contributed by atoms with Gasteiger partial charge in [-0.2, -0.15) is 0 Å². The molecule has 7 rings (SSSR count). The summed E-state index contributed by atoms with van der Waals surface area (Å²) in [5, 5.41) is 6.15. The number of pyridine rings is 2. The molecule has 2 nitrogen and oxygen atoms in total. The van der Waals surface area contributed by atoms with Crippen LogP contribution in [0.1, 0.15) is 50.7 Å². The van der Waals surface area contributed by atoms with Gasteiger partial charge in [-0.3, -0.25) is 4.98 Å². The summed E-state index contributed by atoms with van der Waals surface area (Å²) in [5.41, 5.74) is 7.76. The Morgan fingerprint density at radius 3 is 2.12 bits per heavy atom. The number of hydrogen-bond acceptors (Lipinski definition) is 2. The zero-order valence-electron chi connectivity index (χ0n) is 24.9. The molecule has 0 fully saturated rings. The zero-order valence-corrected chi connectivity index (χ0v) is 27.3. The standard InChI is InChI=1S/C25H24N.C15H10N.Ir/c1-16(2)19-13-20(17(3)4)15-21(14-19)25-24-10-9-18-7-5-6-8-22(18)23(24)11-12-26-25;1-2-6-12(7-3-1)15-11-10-13-8-4-5-9-14(13)16-15;/h5-14,16-17H,1-4H3;1-6,8-11H;/q2*-1;.